The van der Waals surface area contributed by atoms with Gasteiger partial charge in [-0.15, -0.1) is 0 Å². The van der Waals surface area contributed by atoms with Crippen LogP contribution in [0, 0.1) is 0 Å². The second kappa shape index (κ2) is 13.3. The Balaban J connectivity index is 1.95. The Morgan fingerprint density at radius 1 is 0.893 bits per heavy atom. The van der Waals surface area contributed by atoms with Gasteiger partial charge in [-0.05, 0) is 41.7 Å². The van der Waals surface area contributed by atoms with Gasteiger partial charge in [0.15, 0.2) is 0 Å². The normalized spacial score (nSPS) is 11.1. The highest BCUT2D eigenvalue weighted by atomic mass is 32.1. The number of unbranched alkanes of at least 4 members (excludes halogenated alkanes) is 5. The highest BCUT2D eigenvalue weighted by Crippen LogP contribution is 2.23. The molecule has 0 saturated heterocycles. The van der Waals surface area contributed by atoms with Gasteiger partial charge < -0.3 is 4.74 Å². The molecular weight excluding hydrogens is 360 g/mol. The van der Waals surface area contributed by atoms with Crippen molar-refractivity contribution in [3.8, 4) is 5.75 Å². The summed E-state index contributed by atoms with van der Waals surface area (Å²) in [6.45, 7) is 5.27. The topological polar surface area (TPSA) is 9.23 Å². The molecule has 0 heterocycles. The van der Waals surface area contributed by atoms with Crippen molar-refractivity contribution >= 4 is 23.2 Å². The summed E-state index contributed by atoms with van der Waals surface area (Å²) in [6.07, 6.45) is 14.0. The highest BCUT2D eigenvalue weighted by molar-refractivity contribution is 7.81. The van der Waals surface area contributed by atoms with E-state index in [2.05, 4.69) is 38.1 Å². The maximum atomic E-state index is 6.16. The Bertz CT molecular complexity index is 733. The summed E-state index contributed by atoms with van der Waals surface area (Å²) >= 11 is 5.53. The summed E-state index contributed by atoms with van der Waals surface area (Å²) in [5.41, 5.74) is 3.52. The van der Waals surface area contributed by atoms with Gasteiger partial charge in [0.25, 0.3) is 0 Å². The number of ether oxygens (including phenoxy) is 1. The molecule has 2 aromatic rings. The van der Waals surface area contributed by atoms with Crippen LogP contribution in [0.25, 0.3) is 6.08 Å². The fourth-order valence-electron chi connectivity index (χ4n) is 3.22. The van der Waals surface area contributed by atoms with Gasteiger partial charge in [-0.3, -0.25) is 0 Å². The second-order valence-electron chi connectivity index (χ2n) is 7.30. The summed E-state index contributed by atoms with van der Waals surface area (Å²) in [5.74, 6) is 1.03. The molecule has 0 atom stereocenters. The van der Waals surface area contributed by atoms with Crippen LogP contribution in [0.3, 0.4) is 0 Å². The second-order valence-corrected chi connectivity index (χ2v) is 7.74. The van der Waals surface area contributed by atoms with Crippen molar-refractivity contribution in [1.29, 1.82) is 0 Å². The van der Waals surface area contributed by atoms with E-state index in [0.29, 0.717) is 0 Å². The average molecular weight is 395 g/mol. The summed E-state index contributed by atoms with van der Waals surface area (Å²) in [6, 6.07) is 16.7. The smallest absolute Gasteiger partial charge is 0.123 e. The lowest BCUT2D eigenvalue weighted by molar-refractivity contribution is 0.301. The summed E-state index contributed by atoms with van der Waals surface area (Å²) in [4.78, 5) is 0.854. The molecule has 0 saturated carbocycles. The van der Waals surface area contributed by atoms with Gasteiger partial charge in [0, 0.05) is 4.86 Å². The van der Waals surface area contributed by atoms with E-state index in [1.807, 2.05) is 36.4 Å². The lowest BCUT2D eigenvalue weighted by Gasteiger charge is -2.12. The largest absolute Gasteiger partial charge is 0.493 e. The van der Waals surface area contributed by atoms with Crippen LogP contribution in [0.15, 0.2) is 54.6 Å². The van der Waals surface area contributed by atoms with Gasteiger partial charge in [-0.25, -0.2) is 0 Å². The molecule has 2 heteroatoms. The molecule has 1 nitrogen and oxygen atoms in total. The lowest BCUT2D eigenvalue weighted by atomic mass is 10.0. The third-order valence-electron chi connectivity index (χ3n) is 4.85. The summed E-state index contributed by atoms with van der Waals surface area (Å²) < 4.78 is 6.16. The molecule has 0 spiro atoms. The van der Waals surface area contributed by atoms with Gasteiger partial charge in [-0.2, -0.15) is 0 Å². The van der Waals surface area contributed by atoms with Crippen LogP contribution in [-0.2, 0) is 6.42 Å². The molecule has 2 rings (SSSR count). The first-order valence-electron chi connectivity index (χ1n) is 10.8. The quantitative estimate of drug-likeness (QED) is 0.148. The van der Waals surface area contributed by atoms with Crippen molar-refractivity contribution in [3.05, 3.63) is 71.3 Å². The lowest BCUT2D eigenvalue weighted by Crippen LogP contribution is -2.01. The van der Waals surface area contributed by atoms with Gasteiger partial charge >= 0.3 is 0 Å². The predicted molar refractivity (Wildman–Crippen MR) is 126 cm³/mol. The van der Waals surface area contributed by atoms with E-state index < -0.39 is 0 Å². The Kier molecular flexibility index (Phi) is 10.6. The molecule has 0 aromatic heterocycles. The van der Waals surface area contributed by atoms with Crippen molar-refractivity contribution < 1.29 is 4.74 Å². The SMILES string of the molecule is CCCCCCCCOc1cc(C=CC(=S)c2ccccc2)ccc1CCC. The first-order valence-corrected chi connectivity index (χ1v) is 11.2. The molecule has 150 valence electrons. The van der Waals surface area contributed by atoms with Gasteiger partial charge in [0.05, 0.1) is 6.61 Å². The van der Waals surface area contributed by atoms with E-state index in [1.54, 1.807) is 0 Å². The molecule has 0 aliphatic carbocycles. The zero-order chi connectivity index (χ0) is 20.0. The van der Waals surface area contributed by atoms with E-state index in [9.17, 15) is 0 Å². The molecule has 0 fully saturated rings. The van der Waals surface area contributed by atoms with Crippen molar-refractivity contribution in [1.82, 2.24) is 0 Å². The number of hydrogen-bond acceptors (Lipinski definition) is 2. The van der Waals surface area contributed by atoms with Crippen LogP contribution in [-0.4, -0.2) is 11.5 Å². The van der Waals surface area contributed by atoms with E-state index in [1.165, 1.54) is 37.7 Å². The molecule has 2 aromatic carbocycles. The number of aryl methyl sites for hydroxylation is 1. The fraction of sp³-hybridized carbons (Fsp3) is 0.423. The summed E-state index contributed by atoms with van der Waals surface area (Å²) in [7, 11) is 0. The third kappa shape index (κ3) is 7.98. The Labute approximate surface area is 176 Å². The molecule has 0 unspecified atom stereocenters. The Hall–Kier alpha value is -1.93. The standard InChI is InChI=1S/C26H34OS/c1-3-5-6-7-8-12-20-27-25-21-22(16-18-23(25)13-4-2)17-19-26(28)24-14-10-9-11-15-24/h9-11,14-19,21H,3-8,12-13,20H2,1-2H3. The molecular formula is C26H34OS. The van der Waals surface area contributed by atoms with Crippen LogP contribution < -0.4 is 4.74 Å². The third-order valence-corrected chi connectivity index (χ3v) is 5.22. The highest BCUT2D eigenvalue weighted by Gasteiger charge is 2.05. The molecule has 0 radical (unpaired) electrons. The zero-order valence-electron chi connectivity index (χ0n) is 17.5. The number of benzene rings is 2. The van der Waals surface area contributed by atoms with Gasteiger partial charge in [0.1, 0.15) is 5.75 Å². The van der Waals surface area contributed by atoms with E-state index >= 15 is 0 Å². The van der Waals surface area contributed by atoms with Gasteiger partial charge in [-0.1, -0.05) is 113 Å². The van der Waals surface area contributed by atoms with Crippen molar-refractivity contribution in [2.75, 3.05) is 6.61 Å². The van der Waals surface area contributed by atoms with Crippen LogP contribution in [0.5, 0.6) is 5.75 Å². The van der Waals surface area contributed by atoms with Gasteiger partial charge in [0.2, 0.25) is 0 Å². The van der Waals surface area contributed by atoms with Crippen LogP contribution in [0.2, 0.25) is 0 Å². The Morgan fingerprint density at radius 3 is 2.39 bits per heavy atom. The van der Waals surface area contributed by atoms with Crippen molar-refractivity contribution in [2.45, 2.75) is 65.2 Å². The average Bonchev–Trinajstić information content (AvgIpc) is 2.73. The molecule has 0 amide bonds. The van der Waals surface area contributed by atoms with Crippen LogP contribution in [0.4, 0.5) is 0 Å². The molecule has 0 aliphatic rings. The number of thiocarbonyl (C=S) groups is 1. The van der Waals surface area contributed by atoms with Crippen molar-refractivity contribution in [2.24, 2.45) is 0 Å². The predicted octanol–water partition coefficient (Wildman–Crippen LogP) is 7.81. The molecule has 28 heavy (non-hydrogen) atoms. The molecule has 0 aliphatic heterocycles. The van der Waals surface area contributed by atoms with Crippen LogP contribution in [0.1, 0.15) is 75.5 Å². The van der Waals surface area contributed by atoms with E-state index in [0.717, 1.165) is 47.6 Å². The minimum Gasteiger partial charge on any atom is -0.493 e. The Morgan fingerprint density at radius 2 is 1.64 bits per heavy atom. The van der Waals surface area contributed by atoms with E-state index in [4.69, 9.17) is 17.0 Å². The number of allylic oxidation sites excluding steroid dienone is 1. The maximum Gasteiger partial charge on any atom is 0.123 e. The monoisotopic (exact) mass is 394 g/mol. The zero-order valence-corrected chi connectivity index (χ0v) is 18.3. The minimum absolute atomic E-state index is 0.804. The number of hydrogen-bond donors (Lipinski definition) is 0. The van der Waals surface area contributed by atoms with Crippen molar-refractivity contribution in [3.63, 3.8) is 0 Å². The first kappa shape index (κ1) is 22.4. The maximum absolute atomic E-state index is 6.16. The first-order chi connectivity index (χ1) is 13.7. The van der Waals surface area contributed by atoms with Crippen LogP contribution >= 0.6 is 12.2 Å². The molecule has 0 bridgehead atoms. The van der Waals surface area contributed by atoms with E-state index in [-0.39, 0.29) is 0 Å². The molecule has 0 N–H and O–H groups in total. The minimum atomic E-state index is 0.804. The number of rotatable bonds is 13. The fourth-order valence-corrected chi connectivity index (χ4v) is 3.42. The summed E-state index contributed by atoms with van der Waals surface area (Å²) in [5, 5.41) is 0.